The van der Waals surface area contributed by atoms with Crippen molar-refractivity contribution < 1.29 is 0 Å². The van der Waals surface area contributed by atoms with Crippen LogP contribution in [0.2, 0.25) is 0 Å². The van der Waals surface area contributed by atoms with Crippen LogP contribution in [0.3, 0.4) is 0 Å². The number of likely N-dealkylation sites (N-methyl/N-ethyl adjacent to an activating group) is 1. The summed E-state index contributed by atoms with van der Waals surface area (Å²) in [5, 5.41) is 3.65. The summed E-state index contributed by atoms with van der Waals surface area (Å²) < 4.78 is 0. The number of hydrogen-bond acceptors (Lipinski definition) is 2. The Kier molecular flexibility index (Phi) is 2.74. The van der Waals surface area contributed by atoms with Crippen LogP contribution in [0, 0.1) is 0 Å². The Morgan fingerprint density at radius 2 is 1.58 bits per heavy atom. The number of nitrogens with one attached hydrogen (secondary N) is 1. The predicted octanol–water partition coefficient (Wildman–Crippen LogP) is 3.85. The minimum Gasteiger partial charge on any atom is -0.364 e. The van der Waals surface area contributed by atoms with E-state index in [2.05, 4.69) is 79.6 Å². The van der Waals surface area contributed by atoms with Gasteiger partial charge in [0.05, 0.1) is 0 Å². The topological polar surface area (TPSA) is 15.3 Å². The van der Waals surface area contributed by atoms with Crippen molar-refractivity contribution in [1.29, 1.82) is 0 Å². The largest absolute Gasteiger partial charge is 0.364 e. The molecule has 0 saturated heterocycles. The highest BCUT2D eigenvalue weighted by Crippen LogP contribution is 2.44. The number of fused-ring (bicyclic) bond motifs is 1. The lowest BCUT2D eigenvalue weighted by molar-refractivity contribution is 0.463. The van der Waals surface area contributed by atoms with Crippen molar-refractivity contribution in [2.75, 3.05) is 17.3 Å². The van der Waals surface area contributed by atoms with E-state index in [0.29, 0.717) is 0 Å². The standard InChI is InChI=1S/C17H20N2/c1-17(2)14-11-7-8-12-15(14)19(3)16(17)18-13-9-5-4-6-10-13/h4-12,16,18H,1-3H3. The Balaban J connectivity index is 1.96. The first kappa shape index (κ1) is 12.1. The number of hydrogen-bond donors (Lipinski definition) is 1. The van der Waals surface area contributed by atoms with Crippen LogP contribution >= 0.6 is 0 Å². The van der Waals surface area contributed by atoms with Crippen LogP contribution in [-0.4, -0.2) is 13.2 Å². The minimum atomic E-state index is 0.0845. The van der Waals surface area contributed by atoms with Crippen LogP contribution in [0.25, 0.3) is 0 Å². The van der Waals surface area contributed by atoms with Gasteiger partial charge in [0.15, 0.2) is 0 Å². The molecule has 2 aromatic rings. The highest BCUT2D eigenvalue weighted by atomic mass is 15.3. The second-order valence-corrected chi connectivity index (χ2v) is 5.76. The molecule has 1 aliphatic heterocycles. The normalized spacial score (nSPS) is 20.2. The Labute approximate surface area is 115 Å². The maximum atomic E-state index is 3.65. The van der Waals surface area contributed by atoms with Crippen molar-refractivity contribution in [3.05, 3.63) is 60.2 Å². The average molecular weight is 252 g/mol. The van der Waals surface area contributed by atoms with Gasteiger partial charge in [0.25, 0.3) is 0 Å². The van der Waals surface area contributed by atoms with Gasteiger partial charge in [-0.3, -0.25) is 0 Å². The Morgan fingerprint density at radius 1 is 0.947 bits per heavy atom. The smallest absolute Gasteiger partial charge is 0.108 e. The fourth-order valence-corrected chi connectivity index (χ4v) is 3.07. The summed E-state index contributed by atoms with van der Waals surface area (Å²) >= 11 is 0. The summed E-state index contributed by atoms with van der Waals surface area (Å²) in [6, 6.07) is 19.1. The van der Waals surface area contributed by atoms with E-state index in [4.69, 9.17) is 0 Å². The first-order chi connectivity index (χ1) is 9.10. The molecule has 2 aromatic carbocycles. The van der Waals surface area contributed by atoms with Crippen LogP contribution < -0.4 is 10.2 Å². The molecular weight excluding hydrogens is 232 g/mol. The highest BCUT2D eigenvalue weighted by Gasteiger charge is 2.42. The van der Waals surface area contributed by atoms with E-state index in [-0.39, 0.29) is 11.6 Å². The molecule has 0 spiro atoms. The van der Waals surface area contributed by atoms with Crippen LogP contribution in [-0.2, 0) is 5.41 Å². The van der Waals surface area contributed by atoms with Gasteiger partial charge in [-0.15, -0.1) is 0 Å². The maximum absolute atomic E-state index is 3.65. The zero-order chi connectivity index (χ0) is 13.5. The van der Waals surface area contributed by atoms with Crippen LogP contribution in [0.5, 0.6) is 0 Å². The lowest BCUT2D eigenvalue weighted by Crippen LogP contribution is -2.45. The molecule has 0 aromatic heterocycles. The number of nitrogens with zero attached hydrogens (tertiary/aromatic N) is 1. The molecule has 2 heteroatoms. The second kappa shape index (κ2) is 4.30. The van der Waals surface area contributed by atoms with Gasteiger partial charge in [-0.25, -0.2) is 0 Å². The highest BCUT2D eigenvalue weighted by molar-refractivity contribution is 5.65. The van der Waals surface area contributed by atoms with E-state index in [0.717, 1.165) is 0 Å². The van der Waals surface area contributed by atoms with Crippen molar-refractivity contribution in [3.63, 3.8) is 0 Å². The van der Waals surface area contributed by atoms with Gasteiger partial charge in [0.2, 0.25) is 0 Å². The lowest BCUT2D eigenvalue weighted by Gasteiger charge is -2.33. The third kappa shape index (κ3) is 1.88. The van der Waals surface area contributed by atoms with Crippen LogP contribution in [0.15, 0.2) is 54.6 Å². The molecule has 0 fully saturated rings. The number of rotatable bonds is 2. The lowest BCUT2D eigenvalue weighted by atomic mass is 9.84. The van der Waals surface area contributed by atoms with Crippen molar-refractivity contribution in [2.45, 2.75) is 25.4 Å². The Morgan fingerprint density at radius 3 is 2.26 bits per heavy atom. The molecule has 0 amide bonds. The van der Waals surface area contributed by atoms with Crippen molar-refractivity contribution in [1.82, 2.24) is 0 Å². The van der Waals surface area contributed by atoms with E-state index in [9.17, 15) is 0 Å². The van der Waals surface area contributed by atoms with E-state index >= 15 is 0 Å². The minimum absolute atomic E-state index is 0.0845. The van der Waals surface area contributed by atoms with Crippen molar-refractivity contribution in [2.24, 2.45) is 0 Å². The molecule has 2 nitrogen and oxygen atoms in total. The van der Waals surface area contributed by atoms with Crippen molar-refractivity contribution in [3.8, 4) is 0 Å². The molecule has 1 unspecified atom stereocenters. The summed E-state index contributed by atoms with van der Waals surface area (Å²) in [6.45, 7) is 4.60. The SMILES string of the molecule is CN1c2ccccc2C(C)(C)C1Nc1ccccc1. The maximum Gasteiger partial charge on any atom is 0.108 e. The molecule has 1 atom stereocenters. The zero-order valence-corrected chi connectivity index (χ0v) is 11.7. The fraction of sp³-hybridized carbons (Fsp3) is 0.294. The van der Waals surface area contributed by atoms with Crippen molar-refractivity contribution >= 4 is 11.4 Å². The number of anilines is 2. The van der Waals surface area contributed by atoms with Gasteiger partial charge in [-0.1, -0.05) is 50.2 Å². The average Bonchev–Trinajstić information content (AvgIpc) is 2.62. The number of benzene rings is 2. The Hall–Kier alpha value is -1.96. The van der Waals surface area contributed by atoms with Gasteiger partial charge in [0, 0.05) is 23.8 Å². The number of para-hydroxylation sites is 2. The second-order valence-electron chi connectivity index (χ2n) is 5.76. The Bertz CT molecular complexity index is 575. The third-order valence-corrected chi connectivity index (χ3v) is 4.13. The van der Waals surface area contributed by atoms with E-state index in [1.54, 1.807) is 0 Å². The van der Waals surface area contributed by atoms with Gasteiger partial charge in [0.1, 0.15) is 6.17 Å². The van der Waals surface area contributed by atoms with Gasteiger partial charge < -0.3 is 10.2 Å². The van der Waals surface area contributed by atoms with E-state index in [1.165, 1.54) is 16.9 Å². The summed E-state index contributed by atoms with van der Waals surface area (Å²) in [7, 11) is 2.16. The van der Waals surface area contributed by atoms with Gasteiger partial charge in [-0.05, 0) is 23.8 Å². The summed E-state index contributed by atoms with van der Waals surface area (Å²) in [6.07, 6.45) is 0.271. The molecule has 1 heterocycles. The zero-order valence-electron chi connectivity index (χ0n) is 11.7. The third-order valence-electron chi connectivity index (χ3n) is 4.13. The molecule has 0 bridgehead atoms. The molecule has 0 radical (unpaired) electrons. The summed E-state index contributed by atoms with van der Waals surface area (Å²) in [5.74, 6) is 0. The van der Waals surface area contributed by atoms with E-state index in [1.807, 2.05) is 6.07 Å². The monoisotopic (exact) mass is 252 g/mol. The molecular formula is C17H20N2. The van der Waals surface area contributed by atoms with E-state index < -0.39 is 0 Å². The molecule has 0 saturated carbocycles. The molecule has 1 aliphatic rings. The first-order valence-electron chi connectivity index (χ1n) is 6.74. The molecule has 0 aliphatic carbocycles. The molecule has 98 valence electrons. The summed E-state index contributed by atoms with van der Waals surface area (Å²) in [4.78, 5) is 2.34. The van der Waals surface area contributed by atoms with Crippen LogP contribution in [0.4, 0.5) is 11.4 Å². The quantitative estimate of drug-likeness (QED) is 0.873. The summed E-state index contributed by atoms with van der Waals surface area (Å²) in [5.41, 5.74) is 3.98. The van der Waals surface area contributed by atoms with Gasteiger partial charge in [-0.2, -0.15) is 0 Å². The van der Waals surface area contributed by atoms with Crippen LogP contribution in [0.1, 0.15) is 19.4 Å². The molecule has 19 heavy (non-hydrogen) atoms. The first-order valence-corrected chi connectivity index (χ1v) is 6.74. The predicted molar refractivity (Wildman–Crippen MR) is 81.7 cm³/mol. The molecule has 3 rings (SSSR count). The van der Waals surface area contributed by atoms with Gasteiger partial charge >= 0.3 is 0 Å². The fourth-order valence-electron chi connectivity index (χ4n) is 3.07. The molecule has 1 N–H and O–H groups in total.